The van der Waals surface area contributed by atoms with Gasteiger partial charge in [0.1, 0.15) is 0 Å². The van der Waals surface area contributed by atoms with E-state index in [2.05, 4.69) is 425 Å². The molecule has 0 aliphatic rings. The maximum Gasteiger partial charge on any atom is 0.164 e. The Labute approximate surface area is 845 Å². The summed E-state index contributed by atoms with van der Waals surface area (Å²) in [5.41, 5.74) is 18.2. The third-order valence-corrected chi connectivity index (χ3v) is 30.2. The van der Waals surface area contributed by atoms with Gasteiger partial charge in [0.25, 0.3) is 0 Å². The molecule has 0 bridgehead atoms. The number of thiophene rings is 3. The average Bonchev–Trinajstić information content (AvgIpc) is 1.27. The van der Waals surface area contributed by atoms with Gasteiger partial charge in [0.05, 0.1) is 0 Å². The van der Waals surface area contributed by atoms with E-state index >= 15 is 0 Å². The van der Waals surface area contributed by atoms with Gasteiger partial charge in [0.15, 0.2) is 52.4 Å². The van der Waals surface area contributed by atoms with E-state index in [9.17, 15) is 0 Å². The van der Waals surface area contributed by atoms with Crippen LogP contribution in [-0.4, -0.2) is 44.9 Å². The van der Waals surface area contributed by atoms with Crippen LogP contribution in [0.3, 0.4) is 0 Å². The van der Waals surface area contributed by atoms with Crippen LogP contribution in [0.4, 0.5) is 0 Å². The van der Waals surface area contributed by atoms with Crippen LogP contribution in [0.25, 0.3) is 272 Å². The van der Waals surface area contributed by atoms with E-state index in [1.54, 1.807) is 0 Å². The average molecular weight is 1900 g/mol. The van der Waals surface area contributed by atoms with Crippen LogP contribution in [0.2, 0.25) is 0 Å². The molecule has 6 aromatic heterocycles. The van der Waals surface area contributed by atoms with Crippen LogP contribution in [0.5, 0.6) is 0 Å². The maximum atomic E-state index is 5.17. The highest BCUT2D eigenvalue weighted by Gasteiger charge is 2.24. The molecule has 0 saturated carbocycles. The van der Waals surface area contributed by atoms with Crippen molar-refractivity contribution in [3.8, 4) is 147 Å². The summed E-state index contributed by atoms with van der Waals surface area (Å²) in [6.07, 6.45) is 0. The Balaban J connectivity index is 0.000000118. The maximum absolute atomic E-state index is 5.17. The molecular formula is C132H91N9S3. The molecule has 12 heteroatoms. The molecule has 0 atom stereocenters. The second kappa shape index (κ2) is 38.7. The Bertz CT molecular complexity index is 9690. The van der Waals surface area contributed by atoms with Crippen molar-refractivity contribution >= 4 is 159 Å². The lowest BCUT2D eigenvalue weighted by Crippen LogP contribution is -2.01. The van der Waals surface area contributed by atoms with Gasteiger partial charge < -0.3 is 0 Å². The van der Waals surface area contributed by atoms with Crippen molar-refractivity contribution in [3.05, 3.63) is 479 Å². The van der Waals surface area contributed by atoms with Gasteiger partial charge in [0.2, 0.25) is 0 Å². The molecule has 6 heterocycles. The van der Waals surface area contributed by atoms with Gasteiger partial charge >= 0.3 is 0 Å². The van der Waals surface area contributed by atoms with E-state index in [0.29, 0.717) is 52.4 Å². The van der Waals surface area contributed by atoms with Crippen molar-refractivity contribution in [2.75, 3.05) is 0 Å². The molecule has 0 fully saturated rings. The van der Waals surface area contributed by atoms with E-state index in [1.807, 2.05) is 88.6 Å². The fourth-order valence-electron chi connectivity index (χ4n) is 19.8. The first-order chi connectivity index (χ1) is 69.8. The molecule has 28 rings (SSSR count). The fraction of sp³-hybridized carbons (Fsp3) is 0.0227. The fourth-order valence-corrected chi connectivity index (χ4v) is 23.1. The second-order valence-corrected chi connectivity index (χ2v) is 38.6. The normalized spacial score (nSPS) is 11.3. The van der Waals surface area contributed by atoms with Crippen LogP contribution in [0.15, 0.2) is 479 Å². The number of aromatic nitrogens is 9. The molecule has 0 spiro atoms. The van der Waals surface area contributed by atoms with Crippen LogP contribution in [0, 0.1) is 0 Å². The summed E-state index contributed by atoms with van der Waals surface area (Å²) in [6, 6.07) is 169. The first kappa shape index (κ1) is 90.0. The third kappa shape index (κ3) is 17.0. The predicted molar refractivity (Wildman–Crippen MR) is 614 cm³/mol. The number of rotatable bonds is 13. The highest BCUT2D eigenvalue weighted by Crippen LogP contribution is 2.47. The number of fused-ring (bicyclic) bond motifs is 15. The zero-order valence-corrected chi connectivity index (χ0v) is 78.3. The molecular weight excluding hydrogens is 1810 g/mol. The van der Waals surface area contributed by atoms with Crippen molar-refractivity contribution in [3.63, 3.8) is 0 Å². The van der Waals surface area contributed by atoms with Crippen LogP contribution in [0.1, 0.15) is 22.3 Å². The minimum Gasteiger partial charge on any atom is -0.208 e. The Morgan fingerprint density at radius 2 is 0.326 bits per heavy atom. The molecule has 144 heavy (non-hydrogen) atoms. The number of hydrogen-bond acceptors (Lipinski definition) is 12. The topological polar surface area (TPSA) is 116 Å². The standard InChI is InChI=1S/C45H27N3S.C43H27N3S.C41H25N3S.3CH4/c1-3-11-30-25-33(19-17-28(30)9-1)43-46-44(34-20-18-29-10-2-4-12-31(29)26-34)48-45(47-43)39-23-22-35(36-13-5-6-14-37(36)39)32-21-24-42-40(27-32)38-15-7-8-16-41(38)49-42;1-3-11-28(12-4-1)29-19-21-31(22-20-29)42-44-41(30-13-5-2-6-14-30)45-43(46-42)38-26-25-33(34-15-7-8-16-35(34)38)32-23-24-37-36-17-9-10-18-39(36)47-40(37)27-32;1-2-11-27(12-3-1)39-42-40(30-19-18-26-10-4-5-13-28(26)24-30)44-41(43-39)35-22-21-31(32-14-6-7-15-33(32)35)29-20-23-38-36(25-29)34-16-8-9-17-37(34)45-38;;;/h1-27H;1-27H;1-25H;3*1H4. The highest BCUT2D eigenvalue weighted by atomic mass is 32.1. The monoisotopic (exact) mass is 1900 g/mol. The van der Waals surface area contributed by atoms with Crippen LogP contribution in [-0.2, 0) is 0 Å². The highest BCUT2D eigenvalue weighted by molar-refractivity contribution is 7.26. The Morgan fingerprint density at radius 3 is 0.688 bits per heavy atom. The molecule has 0 unspecified atom stereocenters. The molecule has 0 N–H and O–H groups in total. The van der Waals surface area contributed by atoms with Crippen molar-refractivity contribution in [1.82, 2.24) is 44.9 Å². The molecule has 0 aliphatic heterocycles. The van der Waals surface area contributed by atoms with E-state index in [0.717, 1.165) is 88.0 Å². The van der Waals surface area contributed by atoms with Crippen molar-refractivity contribution in [1.29, 1.82) is 0 Å². The molecule has 0 saturated heterocycles. The van der Waals surface area contributed by atoms with Gasteiger partial charge in [-0.3, -0.25) is 0 Å². The van der Waals surface area contributed by atoms with Gasteiger partial charge in [-0.15, -0.1) is 34.0 Å². The van der Waals surface area contributed by atoms with E-state index in [1.165, 1.54) is 132 Å². The minimum absolute atomic E-state index is 0. The van der Waals surface area contributed by atoms with E-state index < -0.39 is 0 Å². The smallest absolute Gasteiger partial charge is 0.164 e. The molecule has 0 aliphatic carbocycles. The second-order valence-electron chi connectivity index (χ2n) is 35.3. The third-order valence-electron chi connectivity index (χ3n) is 26.8. The summed E-state index contributed by atoms with van der Waals surface area (Å²) in [5, 5.41) is 21.7. The molecule has 0 radical (unpaired) electrons. The van der Waals surface area contributed by atoms with Gasteiger partial charge in [-0.05, 0) is 194 Å². The Morgan fingerprint density at radius 1 is 0.111 bits per heavy atom. The summed E-state index contributed by atoms with van der Waals surface area (Å²) >= 11 is 5.54. The van der Waals surface area contributed by atoms with E-state index in [-0.39, 0.29) is 22.3 Å². The van der Waals surface area contributed by atoms with Crippen LogP contribution < -0.4 is 0 Å². The summed E-state index contributed by atoms with van der Waals surface area (Å²) in [5.74, 6) is 5.90. The molecule has 28 aromatic rings. The van der Waals surface area contributed by atoms with Gasteiger partial charge in [0, 0.05) is 111 Å². The number of benzene rings is 22. The zero-order chi connectivity index (χ0) is 93.2. The number of hydrogen-bond donors (Lipinski definition) is 0. The Hall–Kier alpha value is -17.9. The quantitative estimate of drug-likeness (QED) is 0.111. The van der Waals surface area contributed by atoms with Crippen molar-refractivity contribution < 1.29 is 0 Å². The van der Waals surface area contributed by atoms with Gasteiger partial charge in [-0.25, -0.2) is 44.9 Å². The Kier molecular flexibility index (Phi) is 24.2. The summed E-state index contributed by atoms with van der Waals surface area (Å²) in [7, 11) is 0. The lowest BCUT2D eigenvalue weighted by Gasteiger charge is -2.13. The molecule has 0 amide bonds. The first-order valence-corrected chi connectivity index (χ1v) is 49.6. The summed E-state index contributed by atoms with van der Waals surface area (Å²) in [4.78, 5) is 45.7. The van der Waals surface area contributed by atoms with E-state index in [4.69, 9.17) is 44.9 Å². The lowest BCUT2D eigenvalue weighted by molar-refractivity contribution is 1.08. The van der Waals surface area contributed by atoms with Gasteiger partial charge in [-0.2, -0.15) is 0 Å². The summed E-state index contributed by atoms with van der Waals surface area (Å²) < 4.78 is 7.85. The van der Waals surface area contributed by atoms with Gasteiger partial charge in [-0.1, -0.05) is 417 Å². The SMILES string of the molecule is C.C.C.c1ccc(-c2ccc(-c3nc(-c4ccccc4)nc(-c4ccc(-c5ccc6c(c5)sc5ccccc56)c5ccccc45)n3)cc2)cc1.c1ccc(-c2nc(-c3ccc4ccccc4c3)nc(-c3ccc(-c4ccc5sc6ccccc6c5c4)c4ccccc34)n2)cc1.c1ccc2cc(-c3nc(-c4ccc5ccccc5c4)nc(-c4ccc(-c5ccc6sc7ccccc7c6c5)c5ccccc45)n3)ccc2c1. The van der Waals surface area contributed by atoms with Crippen molar-refractivity contribution in [2.24, 2.45) is 0 Å². The largest absolute Gasteiger partial charge is 0.208 e. The predicted octanol–water partition coefficient (Wildman–Crippen LogP) is 37.2. The zero-order valence-electron chi connectivity index (χ0n) is 75.9. The van der Waals surface area contributed by atoms with Crippen molar-refractivity contribution in [2.45, 2.75) is 22.3 Å². The summed E-state index contributed by atoms with van der Waals surface area (Å²) in [6.45, 7) is 0. The first-order valence-electron chi connectivity index (χ1n) is 47.2. The number of nitrogens with zero attached hydrogens (tertiary/aromatic N) is 9. The molecule has 682 valence electrons. The molecule has 22 aromatic carbocycles. The minimum atomic E-state index is 0. The van der Waals surface area contributed by atoms with Crippen LogP contribution >= 0.6 is 34.0 Å². The molecule has 9 nitrogen and oxygen atoms in total. The lowest BCUT2D eigenvalue weighted by atomic mass is 9.94.